The van der Waals surface area contributed by atoms with Gasteiger partial charge in [-0.15, -0.1) is 0 Å². The lowest BCUT2D eigenvalue weighted by Crippen LogP contribution is -2.10. The molecule has 2 aromatic heterocycles. The fourth-order valence-corrected chi connectivity index (χ4v) is 1.14. The molecular weight excluding hydrogens is 178 g/mol. The van der Waals surface area contributed by atoms with E-state index in [1.165, 1.54) is 0 Å². The Kier molecular flexibility index (Phi) is 2.18. The van der Waals surface area contributed by atoms with Crippen LogP contribution in [0.2, 0.25) is 0 Å². The number of hydrogen-bond acceptors (Lipinski definition) is 4. The van der Waals surface area contributed by atoms with Crippen LogP contribution in [0.15, 0.2) is 35.1 Å². The van der Waals surface area contributed by atoms with E-state index in [-0.39, 0.29) is 0 Å². The van der Waals surface area contributed by atoms with Crippen molar-refractivity contribution in [2.45, 2.75) is 0 Å². The van der Waals surface area contributed by atoms with E-state index in [1.807, 2.05) is 37.2 Å². The van der Waals surface area contributed by atoms with Crippen molar-refractivity contribution in [3.05, 3.63) is 30.7 Å². The van der Waals surface area contributed by atoms with Crippen LogP contribution in [0.3, 0.4) is 0 Å². The van der Waals surface area contributed by atoms with Crippen molar-refractivity contribution >= 4 is 5.82 Å². The molecule has 0 atom stereocenters. The van der Waals surface area contributed by atoms with Crippen LogP contribution in [-0.2, 0) is 0 Å². The lowest BCUT2D eigenvalue weighted by molar-refractivity contribution is 0.572. The molecule has 0 aliphatic heterocycles. The smallest absolute Gasteiger partial charge is 0.245 e. The highest BCUT2D eigenvalue weighted by Gasteiger charge is 2.05. The molecule has 0 bridgehead atoms. The Hall–Kier alpha value is -1.84. The summed E-state index contributed by atoms with van der Waals surface area (Å²) in [4.78, 5) is 10.4. The van der Waals surface area contributed by atoms with Gasteiger partial charge in [0.2, 0.25) is 5.89 Å². The van der Waals surface area contributed by atoms with Gasteiger partial charge in [-0.1, -0.05) is 6.07 Å². The normalized spacial score (nSPS) is 10.1. The summed E-state index contributed by atoms with van der Waals surface area (Å²) in [6.45, 7) is 0. The summed E-state index contributed by atoms with van der Waals surface area (Å²) >= 11 is 0. The molecule has 72 valence electrons. The van der Waals surface area contributed by atoms with E-state index in [0.717, 1.165) is 11.5 Å². The molecule has 4 nitrogen and oxygen atoms in total. The first-order valence-electron chi connectivity index (χ1n) is 4.31. The zero-order valence-corrected chi connectivity index (χ0v) is 8.14. The minimum atomic E-state index is 0.550. The van der Waals surface area contributed by atoms with Gasteiger partial charge in [0.05, 0.1) is 6.20 Å². The van der Waals surface area contributed by atoms with Crippen molar-refractivity contribution in [2.75, 3.05) is 19.0 Å². The zero-order valence-electron chi connectivity index (χ0n) is 8.14. The average molecular weight is 189 g/mol. The maximum atomic E-state index is 5.16. The van der Waals surface area contributed by atoms with E-state index in [0.29, 0.717) is 5.89 Å². The number of anilines is 1. The standard InChI is InChI=1S/C10H11N3O/c1-13(2)9-5-3-4-8(12-9)10-11-6-7-14-10/h3-7H,1-2H3. The summed E-state index contributed by atoms with van der Waals surface area (Å²) in [5.74, 6) is 1.44. The van der Waals surface area contributed by atoms with Gasteiger partial charge < -0.3 is 9.32 Å². The van der Waals surface area contributed by atoms with Gasteiger partial charge >= 0.3 is 0 Å². The van der Waals surface area contributed by atoms with Gasteiger partial charge in [-0.3, -0.25) is 0 Å². The van der Waals surface area contributed by atoms with Crippen LogP contribution in [0, 0.1) is 0 Å². The van der Waals surface area contributed by atoms with Crippen LogP contribution in [0.1, 0.15) is 0 Å². The van der Waals surface area contributed by atoms with Gasteiger partial charge in [0.15, 0.2) is 0 Å². The van der Waals surface area contributed by atoms with Gasteiger partial charge in [0, 0.05) is 14.1 Å². The molecule has 0 saturated carbocycles. The first-order valence-corrected chi connectivity index (χ1v) is 4.31. The second-order valence-corrected chi connectivity index (χ2v) is 3.11. The van der Waals surface area contributed by atoms with E-state index >= 15 is 0 Å². The van der Waals surface area contributed by atoms with E-state index in [2.05, 4.69) is 9.97 Å². The summed E-state index contributed by atoms with van der Waals surface area (Å²) in [6, 6.07) is 5.74. The van der Waals surface area contributed by atoms with E-state index < -0.39 is 0 Å². The molecule has 0 fully saturated rings. The number of aromatic nitrogens is 2. The maximum absolute atomic E-state index is 5.16. The molecule has 0 amide bonds. The van der Waals surface area contributed by atoms with Crippen molar-refractivity contribution in [2.24, 2.45) is 0 Å². The van der Waals surface area contributed by atoms with Crippen molar-refractivity contribution < 1.29 is 4.42 Å². The number of pyridine rings is 1. The van der Waals surface area contributed by atoms with Crippen molar-refractivity contribution in [3.63, 3.8) is 0 Å². The molecule has 0 N–H and O–H groups in total. The fourth-order valence-electron chi connectivity index (χ4n) is 1.14. The predicted molar refractivity (Wildman–Crippen MR) is 54.1 cm³/mol. The summed E-state index contributed by atoms with van der Waals surface area (Å²) in [5.41, 5.74) is 0.751. The van der Waals surface area contributed by atoms with Crippen LogP contribution >= 0.6 is 0 Å². The van der Waals surface area contributed by atoms with Gasteiger partial charge in [-0.25, -0.2) is 9.97 Å². The zero-order chi connectivity index (χ0) is 9.97. The molecule has 0 radical (unpaired) electrons. The van der Waals surface area contributed by atoms with Crippen LogP contribution in [0.4, 0.5) is 5.82 Å². The highest BCUT2D eigenvalue weighted by molar-refractivity contribution is 5.51. The molecule has 2 rings (SSSR count). The van der Waals surface area contributed by atoms with Crippen molar-refractivity contribution in [1.29, 1.82) is 0 Å². The monoisotopic (exact) mass is 189 g/mol. The Morgan fingerprint density at radius 3 is 2.79 bits per heavy atom. The molecule has 4 heteroatoms. The van der Waals surface area contributed by atoms with E-state index in [1.54, 1.807) is 12.5 Å². The topological polar surface area (TPSA) is 42.2 Å². The van der Waals surface area contributed by atoms with Gasteiger partial charge in [-0.2, -0.15) is 0 Å². The van der Waals surface area contributed by atoms with Gasteiger partial charge in [0.1, 0.15) is 17.8 Å². The average Bonchev–Trinajstić information content (AvgIpc) is 2.71. The number of rotatable bonds is 2. The van der Waals surface area contributed by atoms with E-state index in [9.17, 15) is 0 Å². The molecule has 0 aromatic carbocycles. The molecule has 0 spiro atoms. The molecule has 0 saturated heterocycles. The predicted octanol–water partition coefficient (Wildman–Crippen LogP) is 1.80. The van der Waals surface area contributed by atoms with Gasteiger partial charge in [0.25, 0.3) is 0 Å². The Labute approximate surface area is 82.2 Å². The van der Waals surface area contributed by atoms with Crippen molar-refractivity contribution in [3.8, 4) is 11.6 Å². The Bertz CT molecular complexity index is 409. The molecule has 0 aliphatic rings. The summed E-state index contributed by atoms with van der Waals surface area (Å²) in [6.07, 6.45) is 3.15. The second-order valence-electron chi connectivity index (χ2n) is 3.11. The highest BCUT2D eigenvalue weighted by Crippen LogP contribution is 2.17. The quantitative estimate of drug-likeness (QED) is 0.722. The first kappa shape index (κ1) is 8.74. The van der Waals surface area contributed by atoms with Gasteiger partial charge in [-0.05, 0) is 12.1 Å². The molecule has 0 aliphatic carbocycles. The van der Waals surface area contributed by atoms with Crippen LogP contribution in [0.25, 0.3) is 11.6 Å². The fraction of sp³-hybridized carbons (Fsp3) is 0.200. The van der Waals surface area contributed by atoms with Crippen LogP contribution in [-0.4, -0.2) is 24.1 Å². The Morgan fingerprint density at radius 1 is 1.29 bits per heavy atom. The van der Waals surface area contributed by atoms with Crippen LogP contribution < -0.4 is 4.90 Å². The lowest BCUT2D eigenvalue weighted by atomic mass is 10.3. The number of nitrogens with zero attached hydrogens (tertiary/aromatic N) is 3. The Balaban J connectivity index is 2.41. The third-order valence-electron chi connectivity index (χ3n) is 1.84. The third kappa shape index (κ3) is 1.59. The van der Waals surface area contributed by atoms with Crippen molar-refractivity contribution in [1.82, 2.24) is 9.97 Å². The molecule has 2 heterocycles. The first-order chi connectivity index (χ1) is 6.77. The SMILES string of the molecule is CN(C)c1cccc(-c2ncco2)n1. The minimum absolute atomic E-state index is 0.550. The number of oxazole rings is 1. The maximum Gasteiger partial charge on any atom is 0.245 e. The molecule has 14 heavy (non-hydrogen) atoms. The summed E-state index contributed by atoms with van der Waals surface area (Å²) in [7, 11) is 3.89. The summed E-state index contributed by atoms with van der Waals surface area (Å²) in [5, 5.41) is 0. The largest absolute Gasteiger partial charge is 0.443 e. The second kappa shape index (κ2) is 3.49. The molecular formula is C10H11N3O. The Morgan fingerprint density at radius 2 is 2.14 bits per heavy atom. The molecule has 2 aromatic rings. The van der Waals surface area contributed by atoms with Crippen LogP contribution in [0.5, 0.6) is 0 Å². The minimum Gasteiger partial charge on any atom is -0.443 e. The van der Waals surface area contributed by atoms with E-state index in [4.69, 9.17) is 4.42 Å². The number of hydrogen-bond donors (Lipinski definition) is 0. The lowest BCUT2D eigenvalue weighted by Gasteiger charge is -2.10. The summed E-state index contributed by atoms with van der Waals surface area (Å²) < 4.78 is 5.16. The molecule has 0 unspecified atom stereocenters. The highest BCUT2D eigenvalue weighted by atomic mass is 16.3. The third-order valence-corrected chi connectivity index (χ3v) is 1.84.